The second-order valence-corrected chi connectivity index (χ2v) is 4.50. The highest BCUT2D eigenvalue weighted by molar-refractivity contribution is 14.1. The molecule has 0 unspecified atom stereocenters. The third-order valence-electron chi connectivity index (χ3n) is 1.79. The lowest BCUT2D eigenvalue weighted by Gasteiger charge is -2.08. The lowest BCUT2D eigenvalue weighted by Crippen LogP contribution is -2.05. The van der Waals surface area contributed by atoms with Crippen LogP contribution in [0.15, 0.2) is 18.2 Å². The van der Waals surface area contributed by atoms with Crippen LogP contribution in [0.5, 0.6) is 5.75 Å². The van der Waals surface area contributed by atoms with E-state index in [2.05, 4.69) is 38.5 Å². The van der Waals surface area contributed by atoms with Crippen LogP contribution in [0.2, 0.25) is 0 Å². The zero-order chi connectivity index (χ0) is 10.6. The number of rotatable bonds is 4. The average Bonchev–Trinajstić information content (AvgIpc) is 2.18. The van der Waals surface area contributed by atoms with E-state index in [1.807, 2.05) is 18.2 Å². The molecule has 0 heterocycles. The fourth-order valence-electron chi connectivity index (χ4n) is 1.18. The van der Waals surface area contributed by atoms with Crippen LogP contribution < -0.4 is 4.74 Å². The first-order valence-electron chi connectivity index (χ1n) is 4.08. The predicted molar refractivity (Wildman–Crippen MR) is 68.2 cm³/mol. The highest BCUT2D eigenvalue weighted by Gasteiger charge is 2.09. The molecule has 0 aliphatic rings. The molecule has 0 atom stereocenters. The Morgan fingerprint density at radius 3 is 2.86 bits per heavy atom. The van der Waals surface area contributed by atoms with Gasteiger partial charge in [0.2, 0.25) is 0 Å². The summed E-state index contributed by atoms with van der Waals surface area (Å²) < 4.78 is 6.28. The standard InChI is InChI=1S/C10H10BrIO2/c1-14-10-7(5-8(13)6-11)3-2-4-9(10)12/h2-4H,5-6H2,1H3. The molecule has 0 spiro atoms. The fraction of sp³-hybridized carbons (Fsp3) is 0.300. The van der Waals surface area contributed by atoms with Crippen molar-refractivity contribution in [2.24, 2.45) is 0 Å². The molecule has 0 fully saturated rings. The van der Waals surface area contributed by atoms with E-state index >= 15 is 0 Å². The fourth-order valence-corrected chi connectivity index (χ4v) is 2.15. The maximum atomic E-state index is 11.3. The number of hydrogen-bond donors (Lipinski definition) is 0. The van der Waals surface area contributed by atoms with Crippen molar-refractivity contribution in [2.75, 3.05) is 12.4 Å². The molecule has 0 aliphatic heterocycles. The lowest BCUT2D eigenvalue weighted by atomic mass is 10.1. The van der Waals surface area contributed by atoms with Gasteiger partial charge in [-0.25, -0.2) is 0 Å². The number of hydrogen-bond acceptors (Lipinski definition) is 2. The third kappa shape index (κ3) is 2.95. The van der Waals surface area contributed by atoms with Crippen LogP contribution in [0, 0.1) is 3.57 Å². The van der Waals surface area contributed by atoms with Crippen LogP contribution in [0.25, 0.3) is 0 Å². The Morgan fingerprint density at radius 2 is 2.29 bits per heavy atom. The molecular weight excluding hydrogens is 359 g/mol. The monoisotopic (exact) mass is 368 g/mol. The molecule has 0 N–H and O–H groups in total. The number of halogens is 2. The van der Waals surface area contributed by atoms with Crippen molar-refractivity contribution >= 4 is 44.3 Å². The van der Waals surface area contributed by atoms with Gasteiger partial charge in [-0.2, -0.15) is 0 Å². The number of ketones is 1. The molecule has 0 bridgehead atoms. The summed E-state index contributed by atoms with van der Waals surface area (Å²) in [4.78, 5) is 11.3. The van der Waals surface area contributed by atoms with Crippen molar-refractivity contribution in [1.29, 1.82) is 0 Å². The van der Waals surface area contributed by atoms with E-state index in [-0.39, 0.29) is 5.78 Å². The Labute approximate surface area is 105 Å². The smallest absolute Gasteiger partial charge is 0.147 e. The van der Waals surface area contributed by atoms with E-state index in [1.54, 1.807) is 7.11 Å². The number of ether oxygens (including phenoxy) is 1. The van der Waals surface area contributed by atoms with Crippen molar-refractivity contribution in [3.8, 4) is 5.75 Å². The average molecular weight is 369 g/mol. The number of benzene rings is 1. The van der Waals surface area contributed by atoms with Gasteiger partial charge >= 0.3 is 0 Å². The Bertz CT molecular complexity index is 339. The number of alkyl halides is 1. The van der Waals surface area contributed by atoms with Crippen LogP contribution in [0.1, 0.15) is 5.56 Å². The van der Waals surface area contributed by atoms with E-state index in [0.717, 1.165) is 14.9 Å². The molecule has 0 amide bonds. The number of Topliss-reactive ketones (excluding diaryl/α,β-unsaturated/α-hetero) is 1. The van der Waals surface area contributed by atoms with Crippen LogP contribution in [-0.2, 0) is 11.2 Å². The van der Waals surface area contributed by atoms with Gasteiger partial charge in [-0.1, -0.05) is 28.1 Å². The van der Waals surface area contributed by atoms with Crippen molar-refractivity contribution in [2.45, 2.75) is 6.42 Å². The van der Waals surface area contributed by atoms with E-state index in [9.17, 15) is 4.79 Å². The van der Waals surface area contributed by atoms with Gasteiger partial charge < -0.3 is 4.74 Å². The number of methoxy groups -OCH3 is 1. The highest BCUT2D eigenvalue weighted by atomic mass is 127. The van der Waals surface area contributed by atoms with Crippen molar-refractivity contribution in [3.63, 3.8) is 0 Å². The molecule has 0 aliphatic carbocycles. The molecule has 1 aromatic rings. The molecule has 1 rings (SSSR count). The summed E-state index contributed by atoms with van der Waals surface area (Å²) in [6.45, 7) is 0. The predicted octanol–water partition coefficient (Wildman–Crippen LogP) is 2.81. The summed E-state index contributed by atoms with van der Waals surface area (Å²) >= 11 is 5.34. The summed E-state index contributed by atoms with van der Waals surface area (Å²) in [5, 5.41) is 0.391. The minimum absolute atomic E-state index is 0.158. The second kappa shape index (κ2) is 5.70. The Morgan fingerprint density at radius 1 is 1.57 bits per heavy atom. The zero-order valence-electron chi connectivity index (χ0n) is 7.72. The van der Waals surface area contributed by atoms with Crippen molar-refractivity contribution in [3.05, 3.63) is 27.3 Å². The Kier molecular flexibility index (Phi) is 4.88. The molecule has 76 valence electrons. The third-order valence-corrected chi connectivity index (χ3v) is 3.26. The van der Waals surface area contributed by atoms with Gasteiger partial charge in [0.05, 0.1) is 16.0 Å². The molecule has 14 heavy (non-hydrogen) atoms. The molecule has 0 radical (unpaired) electrons. The molecule has 2 nitrogen and oxygen atoms in total. The molecular formula is C10H10BrIO2. The maximum absolute atomic E-state index is 11.3. The first-order chi connectivity index (χ1) is 6.69. The van der Waals surface area contributed by atoms with E-state index in [0.29, 0.717) is 11.8 Å². The van der Waals surface area contributed by atoms with Crippen LogP contribution in [0.4, 0.5) is 0 Å². The molecule has 0 saturated heterocycles. The maximum Gasteiger partial charge on any atom is 0.147 e. The zero-order valence-corrected chi connectivity index (χ0v) is 11.5. The molecule has 0 saturated carbocycles. The van der Waals surface area contributed by atoms with Crippen LogP contribution in [-0.4, -0.2) is 18.2 Å². The van der Waals surface area contributed by atoms with Crippen LogP contribution in [0.3, 0.4) is 0 Å². The largest absolute Gasteiger partial charge is 0.495 e. The van der Waals surface area contributed by atoms with Crippen molar-refractivity contribution < 1.29 is 9.53 Å². The van der Waals surface area contributed by atoms with Gasteiger partial charge in [-0.15, -0.1) is 0 Å². The molecule has 0 aromatic heterocycles. The SMILES string of the molecule is COc1c(I)cccc1CC(=O)CBr. The van der Waals surface area contributed by atoms with E-state index in [4.69, 9.17) is 4.74 Å². The van der Waals surface area contributed by atoms with Gasteiger partial charge in [-0.05, 0) is 28.7 Å². The Hall–Kier alpha value is -0.100. The Balaban J connectivity index is 2.96. The van der Waals surface area contributed by atoms with Crippen LogP contribution >= 0.6 is 38.5 Å². The van der Waals surface area contributed by atoms with Crippen molar-refractivity contribution in [1.82, 2.24) is 0 Å². The van der Waals surface area contributed by atoms with Gasteiger partial charge in [0, 0.05) is 12.0 Å². The second-order valence-electron chi connectivity index (χ2n) is 2.78. The van der Waals surface area contributed by atoms with E-state index < -0.39 is 0 Å². The summed E-state index contributed by atoms with van der Waals surface area (Å²) in [5.74, 6) is 0.965. The molecule has 1 aromatic carbocycles. The first kappa shape index (κ1) is 12.0. The first-order valence-corrected chi connectivity index (χ1v) is 6.28. The number of para-hydroxylation sites is 1. The topological polar surface area (TPSA) is 26.3 Å². The quantitative estimate of drug-likeness (QED) is 0.603. The summed E-state index contributed by atoms with van der Waals surface area (Å²) in [6, 6.07) is 5.81. The van der Waals surface area contributed by atoms with Gasteiger partial charge in [0.25, 0.3) is 0 Å². The highest BCUT2D eigenvalue weighted by Crippen LogP contribution is 2.25. The summed E-state index contributed by atoms with van der Waals surface area (Å²) in [5.41, 5.74) is 0.948. The van der Waals surface area contributed by atoms with Gasteiger partial charge in [0.15, 0.2) is 0 Å². The summed E-state index contributed by atoms with van der Waals surface area (Å²) in [6.07, 6.45) is 0.422. The molecule has 4 heteroatoms. The lowest BCUT2D eigenvalue weighted by molar-refractivity contribution is -0.115. The minimum Gasteiger partial charge on any atom is -0.495 e. The van der Waals surface area contributed by atoms with Gasteiger partial charge in [0.1, 0.15) is 11.5 Å². The number of carbonyl (C=O) groups excluding carboxylic acids is 1. The summed E-state index contributed by atoms with van der Waals surface area (Å²) in [7, 11) is 1.62. The number of carbonyl (C=O) groups is 1. The normalized spacial score (nSPS) is 9.93. The van der Waals surface area contributed by atoms with E-state index in [1.165, 1.54) is 0 Å². The van der Waals surface area contributed by atoms with Gasteiger partial charge in [-0.3, -0.25) is 4.79 Å². The minimum atomic E-state index is 0.158.